The first-order valence-electron chi connectivity index (χ1n) is 13.0. The van der Waals surface area contributed by atoms with Gasteiger partial charge in [-0.2, -0.15) is 0 Å². The van der Waals surface area contributed by atoms with Crippen LogP contribution >= 0.6 is 0 Å². The van der Waals surface area contributed by atoms with Crippen LogP contribution in [-0.2, 0) is 9.78 Å². The van der Waals surface area contributed by atoms with E-state index in [4.69, 9.17) is 9.78 Å². The van der Waals surface area contributed by atoms with Crippen molar-refractivity contribution in [3.05, 3.63) is 24.3 Å². The summed E-state index contributed by atoms with van der Waals surface area (Å²) in [6, 6.07) is 0. The summed E-state index contributed by atoms with van der Waals surface area (Å²) in [6.45, 7) is 14.4. The average molecular weight is 429 g/mol. The molecule has 2 heterocycles. The van der Waals surface area contributed by atoms with Crippen LogP contribution in [0.15, 0.2) is 24.3 Å². The van der Waals surface area contributed by atoms with Crippen molar-refractivity contribution in [3.8, 4) is 0 Å². The van der Waals surface area contributed by atoms with Gasteiger partial charge in [0.15, 0.2) is 0 Å². The van der Waals surface area contributed by atoms with Gasteiger partial charge in [0, 0.05) is 23.7 Å². The molecular formula is C28H44O3. The zero-order valence-electron chi connectivity index (χ0n) is 20.6. The van der Waals surface area contributed by atoms with E-state index in [-0.39, 0.29) is 22.5 Å². The van der Waals surface area contributed by atoms with E-state index in [0.717, 1.165) is 12.8 Å². The van der Waals surface area contributed by atoms with E-state index >= 15 is 0 Å². The van der Waals surface area contributed by atoms with Gasteiger partial charge in [-0.05, 0) is 73.7 Å². The molecule has 31 heavy (non-hydrogen) atoms. The number of aliphatic hydroxyl groups excluding tert-OH is 1. The van der Waals surface area contributed by atoms with Crippen LogP contribution in [0.1, 0.15) is 86.5 Å². The number of hydrogen-bond donors (Lipinski definition) is 1. The molecule has 1 N–H and O–H groups in total. The molecule has 2 bridgehead atoms. The first kappa shape index (κ1) is 22.2. The van der Waals surface area contributed by atoms with Crippen LogP contribution in [-0.4, -0.2) is 22.4 Å². The van der Waals surface area contributed by atoms with E-state index < -0.39 is 5.60 Å². The van der Waals surface area contributed by atoms with Crippen LogP contribution in [0, 0.1) is 46.3 Å². The van der Waals surface area contributed by atoms with Crippen LogP contribution in [0.4, 0.5) is 0 Å². The van der Waals surface area contributed by atoms with Gasteiger partial charge in [-0.25, -0.2) is 9.78 Å². The molecule has 0 aromatic heterocycles. The van der Waals surface area contributed by atoms with E-state index in [1.807, 2.05) is 0 Å². The molecule has 0 radical (unpaired) electrons. The van der Waals surface area contributed by atoms with Crippen LogP contribution in [0.25, 0.3) is 0 Å². The lowest BCUT2D eigenvalue weighted by Gasteiger charge is -2.69. The fraction of sp³-hybridized carbons (Fsp3) is 0.857. The van der Waals surface area contributed by atoms with E-state index in [9.17, 15) is 5.11 Å². The molecule has 10 atom stereocenters. The summed E-state index contributed by atoms with van der Waals surface area (Å²) < 4.78 is 0. The van der Waals surface area contributed by atoms with Crippen molar-refractivity contribution in [2.45, 2.75) is 104 Å². The summed E-state index contributed by atoms with van der Waals surface area (Å²) in [5, 5.41) is 10.4. The van der Waals surface area contributed by atoms with Gasteiger partial charge in [0.2, 0.25) is 0 Å². The molecule has 6 rings (SSSR count). The number of fused-ring (bicyclic) bond motifs is 2. The average Bonchev–Trinajstić information content (AvgIpc) is 3.09. The molecule has 6 aliphatic rings. The predicted molar refractivity (Wildman–Crippen MR) is 124 cm³/mol. The van der Waals surface area contributed by atoms with Crippen LogP contribution in [0.5, 0.6) is 0 Å². The summed E-state index contributed by atoms with van der Waals surface area (Å²) in [7, 11) is 0. The van der Waals surface area contributed by atoms with Crippen molar-refractivity contribution < 1.29 is 14.9 Å². The minimum atomic E-state index is -0.439. The second-order valence-corrected chi connectivity index (χ2v) is 12.7. The van der Waals surface area contributed by atoms with Crippen molar-refractivity contribution in [2.24, 2.45) is 46.3 Å². The summed E-state index contributed by atoms with van der Waals surface area (Å²) in [6.07, 6.45) is 17.0. The Labute approximate surface area is 189 Å². The van der Waals surface area contributed by atoms with Gasteiger partial charge in [-0.1, -0.05) is 59.8 Å². The molecule has 2 aliphatic heterocycles. The quantitative estimate of drug-likeness (QED) is 0.412. The number of rotatable bonds is 4. The van der Waals surface area contributed by atoms with Gasteiger partial charge < -0.3 is 5.11 Å². The molecule has 2 spiro atoms. The van der Waals surface area contributed by atoms with Gasteiger partial charge in [0.05, 0.1) is 6.10 Å². The zero-order chi connectivity index (χ0) is 22.2. The third-order valence-corrected chi connectivity index (χ3v) is 11.1. The Kier molecular flexibility index (Phi) is 5.13. The molecule has 3 heteroatoms. The largest absolute Gasteiger partial charge is 0.393 e. The first-order chi connectivity index (χ1) is 14.6. The highest BCUT2D eigenvalue weighted by Crippen LogP contribution is 2.72. The highest BCUT2D eigenvalue weighted by molar-refractivity contribution is 5.33. The van der Waals surface area contributed by atoms with Crippen LogP contribution in [0.2, 0.25) is 0 Å². The molecule has 4 aliphatic carbocycles. The van der Waals surface area contributed by atoms with E-state index in [2.05, 4.69) is 65.8 Å². The number of aliphatic hydroxyl groups is 1. The molecule has 174 valence electrons. The van der Waals surface area contributed by atoms with Crippen molar-refractivity contribution >= 4 is 0 Å². The van der Waals surface area contributed by atoms with Gasteiger partial charge in [-0.15, -0.1) is 0 Å². The molecule has 0 aromatic rings. The smallest absolute Gasteiger partial charge is 0.130 e. The number of hydrogen-bond acceptors (Lipinski definition) is 3. The van der Waals surface area contributed by atoms with E-state index in [1.165, 1.54) is 25.7 Å². The second kappa shape index (κ2) is 7.18. The molecule has 3 saturated carbocycles. The number of allylic oxidation sites excluding steroid dienone is 2. The maximum absolute atomic E-state index is 10.4. The molecular weight excluding hydrogens is 384 g/mol. The lowest BCUT2D eigenvalue weighted by molar-refractivity contribution is -0.497. The third kappa shape index (κ3) is 2.88. The minimum Gasteiger partial charge on any atom is -0.393 e. The van der Waals surface area contributed by atoms with Gasteiger partial charge in [-0.3, -0.25) is 0 Å². The highest BCUT2D eigenvalue weighted by Gasteiger charge is 2.74. The maximum atomic E-state index is 10.4. The predicted octanol–water partition coefficient (Wildman–Crippen LogP) is 6.47. The van der Waals surface area contributed by atoms with Crippen LogP contribution < -0.4 is 0 Å². The lowest BCUT2D eigenvalue weighted by atomic mass is 9.43. The van der Waals surface area contributed by atoms with Crippen molar-refractivity contribution in [1.82, 2.24) is 0 Å². The molecule has 0 unspecified atom stereocenters. The molecule has 1 saturated heterocycles. The van der Waals surface area contributed by atoms with Crippen LogP contribution in [0.3, 0.4) is 0 Å². The standard InChI is InChI=1S/C28H44O3/c1-18(2)19(3)7-8-20(4)22-9-10-23-25(22,5)13-12-24-26(6)14-11-21(29)17-27(26)15-16-28(23,24)31-30-27/h7-8,15-16,18-24,29H,9-14,17H2,1-6H3/b8-7+/t19-,20+,21-,22+,23-,24+,25+,26+,27+,28-/m0/s1. The topological polar surface area (TPSA) is 38.7 Å². The summed E-state index contributed by atoms with van der Waals surface area (Å²) in [4.78, 5) is 12.8. The molecule has 0 aromatic carbocycles. The monoisotopic (exact) mass is 428 g/mol. The Morgan fingerprint density at radius 3 is 2.35 bits per heavy atom. The summed E-state index contributed by atoms with van der Waals surface area (Å²) in [5.41, 5.74) is -0.366. The molecule has 4 fully saturated rings. The SMILES string of the molecule is CC(C)[C@@H](C)/C=C/[C@@H](C)[C@H]1CC[C@H]2[C@]1(C)CC[C@H]1[C@]23C=C[C@]2(C[C@@H](O)CC[C@]12C)OO3. The highest BCUT2D eigenvalue weighted by atomic mass is 17.2. The minimum absolute atomic E-state index is 0.0663. The van der Waals surface area contributed by atoms with Gasteiger partial charge in [0.1, 0.15) is 11.2 Å². The Bertz CT molecular complexity index is 772. The normalized spacial score (nSPS) is 52.8. The van der Waals surface area contributed by atoms with Crippen molar-refractivity contribution in [3.63, 3.8) is 0 Å². The second-order valence-electron chi connectivity index (χ2n) is 12.7. The summed E-state index contributed by atoms with van der Waals surface area (Å²) >= 11 is 0. The Morgan fingerprint density at radius 1 is 0.903 bits per heavy atom. The molecule has 0 amide bonds. The first-order valence-corrected chi connectivity index (χ1v) is 13.0. The van der Waals surface area contributed by atoms with Gasteiger partial charge >= 0.3 is 0 Å². The van der Waals surface area contributed by atoms with Crippen molar-refractivity contribution in [1.29, 1.82) is 0 Å². The van der Waals surface area contributed by atoms with Crippen molar-refractivity contribution in [2.75, 3.05) is 0 Å². The Hall–Kier alpha value is -0.640. The maximum Gasteiger partial charge on any atom is 0.130 e. The lowest BCUT2D eigenvalue weighted by Crippen LogP contribution is -2.73. The Balaban J connectivity index is 1.45. The fourth-order valence-electron chi connectivity index (χ4n) is 8.71. The summed E-state index contributed by atoms with van der Waals surface area (Å²) in [5.74, 6) is 3.64. The van der Waals surface area contributed by atoms with E-state index in [0.29, 0.717) is 41.9 Å². The molecule has 3 nitrogen and oxygen atoms in total. The zero-order valence-corrected chi connectivity index (χ0v) is 20.6. The third-order valence-electron chi connectivity index (χ3n) is 11.1. The fourth-order valence-corrected chi connectivity index (χ4v) is 8.71. The Morgan fingerprint density at radius 2 is 1.68 bits per heavy atom. The van der Waals surface area contributed by atoms with E-state index in [1.54, 1.807) is 0 Å². The van der Waals surface area contributed by atoms with Gasteiger partial charge in [0.25, 0.3) is 0 Å².